The van der Waals surface area contributed by atoms with Gasteiger partial charge in [0, 0.05) is 12.1 Å². The summed E-state index contributed by atoms with van der Waals surface area (Å²) in [6, 6.07) is 10.3. The predicted octanol–water partition coefficient (Wildman–Crippen LogP) is 4.42. The van der Waals surface area contributed by atoms with E-state index in [1.54, 1.807) is 0 Å². The van der Waals surface area contributed by atoms with Gasteiger partial charge in [0.05, 0.1) is 18.4 Å². The van der Waals surface area contributed by atoms with Gasteiger partial charge in [-0.1, -0.05) is 30.3 Å². The molecule has 1 fully saturated rings. The monoisotopic (exact) mass is 389 g/mol. The molecule has 4 unspecified atom stereocenters. The van der Waals surface area contributed by atoms with Gasteiger partial charge in [-0.3, -0.25) is 9.59 Å². The maximum atomic E-state index is 12.6. The van der Waals surface area contributed by atoms with Gasteiger partial charge in [0.15, 0.2) is 0 Å². The van der Waals surface area contributed by atoms with Crippen LogP contribution in [0.3, 0.4) is 0 Å². The Balaban J connectivity index is 2.11. The molecule has 0 aliphatic heterocycles. The van der Waals surface area contributed by atoms with Crippen molar-refractivity contribution in [2.24, 2.45) is 11.8 Å². The van der Waals surface area contributed by atoms with Crippen molar-refractivity contribution in [1.82, 2.24) is 5.32 Å². The predicted molar refractivity (Wildman–Crippen MR) is 110 cm³/mol. The van der Waals surface area contributed by atoms with Crippen LogP contribution in [0, 0.1) is 11.8 Å². The number of benzene rings is 1. The van der Waals surface area contributed by atoms with Crippen molar-refractivity contribution in [2.45, 2.75) is 78.0 Å². The average Bonchev–Trinajstić information content (AvgIpc) is 2.84. The summed E-state index contributed by atoms with van der Waals surface area (Å²) >= 11 is 0. The van der Waals surface area contributed by atoms with E-state index in [1.807, 2.05) is 45.9 Å². The Labute approximate surface area is 169 Å². The number of esters is 2. The van der Waals surface area contributed by atoms with Gasteiger partial charge in [0.1, 0.15) is 5.60 Å². The van der Waals surface area contributed by atoms with Crippen molar-refractivity contribution in [3.8, 4) is 0 Å². The average molecular weight is 390 g/mol. The van der Waals surface area contributed by atoms with E-state index >= 15 is 0 Å². The largest absolute Gasteiger partial charge is 0.466 e. The smallest absolute Gasteiger partial charge is 0.310 e. The fraction of sp³-hybridized carbons (Fsp3) is 0.652. The summed E-state index contributed by atoms with van der Waals surface area (Å²) in [4.78, 5) is 25.2. The molecular formula is C23H35NO4. The van der Waals surface area contributed by atoms with E-state index in [0.717, 1.165) is 6.42 Å². The molecule has 1 N–H and O–H groups in total. The molecule has 28 heavy (non-hydrogen) atoms. The fourth-order valence-corrected chi connectivity index (χ4v) is 3.82. The lowest BCUT2D eigenvalue weighted by molar-refractivity contribution is -0.160. The van der Waals surface area contributed by atoms with Gasteiger partial charge < -0.3 is 14.8 Å². The Morgan fingerprint density at radius 1 is 1.07 bits per heavy atom. The maximum Gasteiger partial charge on any atom is 0.310 e. The quantitative estimate of drug-likeness (QED) is 0.576. The highest BCUT2D eigenvalue weighted by atomic mass is 16.6. The van der Waals surface area contributed by atoms with Crippen LogP contribution in [-0.2, 0) is 19.1 Å². The Morgan fingerprint density at radius 2 is 1.71 bits per heavy atom. The molecule has 0 spiro atoms. The highest BCUT2D eigenvalue weighted by molar-refractivity contribution is 5.75. The Morgan fingerprint density at radius 3 is 2.32 bits per heavy atom. The zero-order valence-corrected chi connectivity index (χ0v) is 17.9. The highest BCUT2D eigenvalue weighted by Crippen LogP contribution is 2.31. The number of carbonyl (C=O) groups excluding carboxylic acids is 2. The number of nitrogens with one attached hydrogen (secondary N) is 1. The first-order valence-corrected chi connectivity index (χ1v) is 10.4. The minimum Gasteiger partial charge on any atom is -0.466 e. The fourth-order valence-electron chi connectivity index (χ4n) is 3.82. The lowest BCUT2D eigenvalue weighted by atomic mass is 9.93. The summed E-state index contributed by atoms with van der Waals surface area (Å²) in [5, 5.41) is 3.62. The summed E-state index contributed by atoms with van der Waals surface area (Å²) in [6.07, 6.45) is 2.73. The minimum atomic E-state index is -0.497. The Kier molecular flexibility index (Phi) is 8.05. The first-order chi connectivity index (χ1) is 13.2. The molecule has 1 aliphatic rings. The topological polar surface area (TPSA) is 64.6 Å². The van der Waals surface area contributed by atoms with Crippen molar-refractivity contribution in [3.05, 3.63) is 35.9 Å². The second-order valence-corrected chi connectivity index (χ2v) is 8.65. The maximum absolute atomic E-state index is 12.6. The molecule has 0 heterocycles. The second kappa shape index (κ2) is 10.1. The van der Waals surface area contributed by atoms with Crippen LogP contribution in [0.25, 0.3) is 0 Å². The van der Waals surface area contributed by atoms with E-state index in [-0.39, 0.29) is 35.9 Å². The van der Waals surface area contributed by atoms with Gasteiger partial charge in [-0.25, -0.2) is 0 Å². The zero-order chi connectivity index (χ0) is 20.7. The highest BCUT2D eigenvalue weighted by Gasteiger charge is 2.37. The van der Waals surface area contributed by atoms with Gasteiger partial charge >= 0.3 is 11.9 Å². The first kappa shape index (κ1) is 22.4. The summed E-state index contributed by atoms with van der Waals surface area (Å²) in [7, 11) is 0. The molecule has 0 bridgehead atoms. The number of hydrogen-bond acceptors (Lipinski definition) is 5. The van der Waals surface area contributed by atoms with E-state index < -0.39 is 5.60 Å². The van der Waals surface area contributed by atoms with Gasteiger partial charge in [-0.15, -0.1) is 0 Å². The van der Waals surface area contributed by atoms with Crippen LogP contribution in [0.4, 0.5) is 0 Å². The number of carbonyl (C=O) groups is 2. The summed E-state index contributed by atoms with van der Waals surface area (Å²) in [6.45, 7) is 9.95. The minimum absolute atomic E-state index is 0.0262. The molecule has 0 radical (unpaired) electrons. The SMILES string of the molecule is CCOC(=O)C1CCC(C(=O)OC(C)(C)C)CCC1NC(C)c1ccccc1. The number of rotatable bonds is 6. The van der Waals surface area contributed by atoms with Crippen LogP contribution in [0.5, 0.6) is 0 Å². The van der Waals surface area contributed by atoms with E-state index in [1.165, 1.54) is 5.56 Å². The van der Waals surface area contributed by atoms with Gasteiger partial charge in [0.25, 0.3) is 0 Å². The third-order valence-electron chi connectivity index (χ3n) is 5.23. The molecule has 2 rings (SSSR count). The summed E-state index contributed by atoms with van der Waals surface area (Å²) < 4.78 is 10.9. The summed E-state index contributed by atoms with van der Waals surface area (Å²) in [5.74, 6) is -0.759. The van der Waals surface area contributed by atoms with Crippen LogP contribution in [0.1, 0.15) is 71.9 Å². The molecule has 0 saturated heterocycles. The van der Waals surface area contributed by atoms with Crippen LogP contribution < -0.4 is 5.32 Å². The standard InChI is InChI=1S/C23H35NO4/c1-6-27-22(26)19-14-12-18(21(25)28-23(3,4)5)13-15-20(19)24-16(2)17-10-8-7-9-11-17/h7-11,16,18-20,24H,6,12-15H2,1-5H3. The normalized spacial score (nSPS) is 24.1. The lowest BCUT2D eigenvalue weighted by Crippen LogP contribution is -2.41. The zero-order valence-electron chi connectivity index (χ0n) is 17.9. The van der Waals surface area contributed by atoms with Gasteiger partial charge in [0.2, 0.25) is 0 Å². The third-order valence-corrected chi connectivity index (χ3v) is 5.23. The van der Waals surface area contributed by atoms with Crippen LogP contribution >= 0.6 is 0 Å². The molecule has 1 aromatic rings. The molecule has 1 aromatic carbocycles. The van der Waals surface area contributed by atoms with Crippen molar-refractivity contribution in [3.63, 3.8) is 0 Å². The van der Waals surface area contributed by atoms with Gasteiger partial charge in [-0.2, -0.15) is 0 Å². The molecule has 0 amide bonds. The molecule has 4 atom stereocenters. The Hall–Kier alpha value is -1.88. The van der Waals surface area contributed by atoms with E-state index in [9.17, 15) is 9.59 Å². The molecule has 156 valence electrons. The van der Waals surface area contributed by atoms with Crippen molar-refractivity contribution >= 4 is 11.9 Å². The van der Waals surface area contributed by atoms with Crippen molar-refractivity contribution in [1.29, 1.82) is 0 Å². The number of ether oxygens (including phenoxy) is 2. The Bertz CT molecular complexity index is 638. The van der Waals surface area contributed by atoms with E-state index in [2.05, 4.69) is 24.4 Å². The molecular weight excluding hydrogens is 354 g/mol. The molecule has 5 heteroatoms. The molecule has 5 nitrogen and oxygen atoms in total. The van der Waals surface area contributed by atoms with E-state index in [4.69, 9.17) is 9.47 Å². The molecule has 0 aromatic heterocycles. The van der Waals surface area contributed by atoms with E-state index in [0.29, 0.717) is 25.9 Å². The van der Waals surface area contributed by atoms with Crippen LogP contribution in [-0.4, -0.2) is 30.2 Å². The third kappa shape index (κ3) is 6.62. The second-order valence-electron chi connectivity index (χ2n) is 8.65. The number of hydrogen-bond donors (Lipinski definition) is 1. The van der Waals surface area contributed by atoms with Crippen molar-refractivity contribution in [2.75, 3.05) is 6.61 Å². The van der Waals surface area contributed by atoms with Crippen LogP contribution in [0.2, 0.25) is 0 Å². The van der Waals surface area contributed by atoms with Crippen LogP contribution in [0.15, 0.2) is 30.3 Å². The molecule has 1 saturated carbocycles. The summed E-state index contributed by atoms with van der Waals surface area (Å²) in [5.41, 5.74) is 0.682. The van der Waals surface area contributed by atoms with Crippen molar-refractivity contribution < 1.29 is 19.1 Å². The molecule has 1 aliphatic carbocycles. The first-order valence-electron chi connectivity index (χ1n) is 10.4. The lowest BCUT2D eigenvalue weighted by Gasteiger charge is -2.28. The van der Waals surface area contributed by atoms with Gasteiger partial charge in [-0.05, 0) is 65.9 Å².